The minimum Gasteiger partial charge on any atom is -0.430 e. The molecule has 0 radical (unpaired) electrons. The quantitative estimate of drug-likeness (QED) is 0.790. The van der Waals surface area contributed by atoms with Crippen LogP contribution in [0.3, 0.4) is 0 Å². The maximum absolute atomic E-state index is 11.5. The van der Waals surface area contributed by atoms with Crippen molar-refractivity contribution in [3.05, 3.63) is 30.3 Å². The van der Waals surface area contributed by atoms with Crippen LogP contribution in [0, 0.1) is 12.3 Å². The molecular weight excluding hydrogens is 202 g/mol. The summed E-state index contributed by atoms with van der Waals surface area (Å²) in [5, 5.41) is 2.61. The van der Waals surface area contributed by atoms with Crippen molar-refractivity contribution in [2.24, 2.45) is 0 Å². The molecule has 3 nitrogen and oxygen atoms in total. The number of carbonyl (C=O) groups is 1. The first kappa shape index (κ1) is 12.1. The summed E-state index contributed by atoms with van der Waals surface area (Å²) >= 11 is 0. The smallest absolute Gasteiger partial charge is 0.413 e. The van der Waals surface area contributed by atoms with Crippen molar-refractivity contribution in [2.45, 2.75) is 25.9 Å². The second kappa shape index (κ2) is 5.22. The minimum absolute atomic E-state index is 0.534. The molecule has 0 saturated carbocycles. The third-order valence-corrected chi connectivity index (χ3v) is 2.32. The molecule has 1 amide bonds. The Hall–Kier alpha value is -1.95. The fourth-order valence-electron chi connectivity index (χ4n) is 1.07. The number of amides is 1. The van der Waals surface area contributed by atoms with Crippen LogP contribution in [0.25, 0.3) is 0 Å². The highest BCUT2D eigenvalue weighted by Gasteiger charge is 2.23. The van der Waals surface area contributed by atoms with E-state index in [0.717, 1.165) is 0 Å². The Balaban J connectivity index is 2.59. The molecule has 84 valence electrons. The van der Waals surface area contributed by atoms with Gasteiger partial charge in [-0.05, 0) is 25.5 Å². The van der Waals surface area contributed by atoms with Gasteiger partial charge in [-0.2, -0.15) is 0 Å². The third-order valence-electron chi connectivity index (χ3n) is 2.32. The van der Waals surface area contributed by atoms with Gasteiger partial charge in [0.05, 0.1) is 0 Å². The van der Waals surface area contributed by atoms with E-state index in [-0.39, 0.29) is 0 Å². The van der Waals surface area contributed by atoms with Gasteiger partial charge in [-0.1, -0.05) is 31.0 Å². The average Bonchev–Trinajstić information content (AvgIpc) is 2.30. The van der Waals surface area contributed by atoms with E-state index < -0.39 is 11.7 Å². The maximum Gasteiger partial charge on any atom is 0.413 e. The van der Waals surface area contributed by atoms with E-state index >= 15 is 0 Å². The van der Waals surface area contributed by atoms with Crippen LogP contribution in [-0.2, 0) is 4.74 Å². The van der Waals surface area contributed by atoms with Crippen LogP contribution >= 0.6 is 0 Å². The summed E-state index contributed by atoms with van der Waals surface area (Å²) in [6, 6.07) is 9.08. The number of hydrogen-bond acceptors (Lipinski definition) is 2. The third kappa shape index (κ3) is 3.32. The summed E-state index contributed by atoms with van der Waals surface area (Å²) in [4.78, 5) is 11.5. The highest BCUT2D eigenvalue weighted by Crippen LogP contribution is 2.15. The average molecular weight is 217 g/mol. The molecule has 16 heavy (non-hydrogen) atoms. The summed E-state index contributed by atoms with van der Waals surface area (Å²) in [7, 11) is 0. The molecular formula is C13H15NO2. The predicted octanol–water partition coefficient (Wildman–Crippen LogP) is 3.04. The zero-order chi connectivity index (χ0) is 12.0. The van der Waals surface area contributed by atoms with Crippen LogP contribution in [-0.4, -0.2) is 11.7 Å². The van der Waals surface area contributed by atoms with Crippen molar-refractivity contribution >= 4 is 11.8 Å². The minimum atomic E-state index is -0.848. The Morgan fingerprint density at radius 2 is 2.12 bits per heavy atom. The second-order valence-corrected chi connectivity index (χ2v) is 3.61. The van der Waals surface area contributed by atoms with Gasteiger partial charge in [0.25, 0.3) is 0 Å². The van der Waals surface area contributed by atoms with Crippen LogP contribution in [0.15, 0.2) is 30.3 Å². The van der Waals surface area contributed by atoms with Gasteiger partial charge in [-0.3, -0.25) is 5.32 Å². The van der Waals surface area contributed by atoms with Crippen LogP contribution in [0.2, 0.25) is 0 Å². The molecule has 3 heteroatoms. The summed E-state index contributed by atoms with van der Waals surface area (Å²) in [6.45, 7) is 3.58. The first-order chi connectivity index (χ1) is 7.59. The number of anilines is 1. The summed E-state index contributed by atoms with van der Waals surface area (Å²) in [5.41, 5.74) is -0.165. The number of nitrogens with one attached hydrogen (secondary N) is 1. The molecule has 0 aromatic heterocycles. The van der Waals surface area contributed by atoms with Crippen molar-refractivity contribution in [3.63, 3.8) is 0 Å². The lowest BCUT2D eigenvalue weighted by atomic mass is 10.1. The predicted molar refractivity (Wildman–Crippen MR) is 64.1 cm³/mol. The number of para-hydroxylation sites is 1. The van der Waals surface area contributed by atoms with E-state index in [4.69, 9.17) is 11.2 Å². The largest absolute Gasteiger partial charge is 0.430 e. The van der Waals surface area contributed by atoms with E-state index in [1.165, 1.54) is 0 Å². The molecule has 1 atom stereocenters. The lowest BCUT2D eigenvalue weighted by Crippen LogP contribution is -2.31. The first-order valence-corrected chi connectivity index (χ1v) is 5.12. The van der Waals surface area contributed by atoms with E-state index in [0.29, 0.717) is 12.1 Å². The molecule has 0 aliphatic heterocycles. The molecule has 1 N–H and O–H groups in total. The molecule has 0 bridgehead atoms. The molecule has 0 aliphatic rings. The fourth-order valence-corrected chi connectivity index (χ4v) is 1.07. The van der Waals surface area contributed by atoms with Gasteiger partial charge in [0.15, 0.2) is 5.60 Å². The van der Waals surface area contributed by atoms with Crippen LogP contribution in [0.4, 0.5) is 10.5 Å². The fraction of sp³-hybridized carbons (Fsp3) is 0.308. The van der Waals surface area contributed by atoms with Crippen molar-refractivity contribution in [1.29, 1.82) is 0 Å². The number of hydrogen-bond donors (Lipinski definition) is 1. The lowest BCUT2D eigenvalue weighted by molar-refractivity contribution is 0.0750. The molecule has 1 unspecified atom stereocenters. The summed E-state index contributed by atoms with van der Waals surface area (Å²) in [6.07, 6.45) is 5.35. The van der Waals surface area contributed by atoms with Crippen molar-refractivity contribution in [1.82, 2.24) is 0 Å². The molecule has 1 aromatic rings. The molecule has 0 aliphatic carbocycles. The van der Waals surface area contributed by atoms with Crippen LogP contribution < -0.4 is 5.32 Å². The molecule has 0 spiro atoms. The molecule has 1 aromatic carbocycles. The molecule has 1 rings (SSSR count). The highest BCUT2D eigenvalue weighted by atomic mass is 16.6. The second-order valence-electron chi connectivity index (χ2n) is 3.61. The zero-order valence-corrected chi connectivity index (χ0v) is 9.49. The Kier molecular flexibility index (Phi) is 3.96. The van der Waals surface area contributed by atoms with Gasteiger partial charge in [0, 0.05) is 5.69 Å². The van der Waals surface area contributed by atoms with Crippen LogP contribution in [0.1, 0.15) is 20.3 Å². The Morgan fingerprint density at radius 3 is 2.62 bits per heavy atom. The monoisotopic (exact) mass is 217 g/mol. The number of benzene rings is 1. The standard InChI is InChI=1S/C13H15NO2/c1-4-13(3,5-2)16-12(15)14-11-9-7-6-8-10-11/h1,6-10H,5H2,2-3H3,(H,14,15). The number of ether oxygens (including phenoxy) is 1. The maximum atomic E-state index is 11.5. The van der Waals surface area contributed by atoms with Gasteiger partial charge in [0.1, 0.15) is 0 Å². The van der Waals surface area contributed by atoms with Crippen molar-refractivity contribution < 1.29 is 9.53 Å². The Morgan fingerprint density at radius 1 is 1.50 bits per heavy atom. The normalized spacial score (nSPS) is 13.3. The molecule has 0 fully saturated rings. The van der Waals surface area contributed by atoms with E-state index in [1.54, 1.807) is 19.1 Å². The number of carbonyl (C=O) groups excluding carboxylic acids is 1. The van der Waals surface area contributed by atoms with Gasteiger partial charge < -0.3 is 4.74 Å². The van der Waals surface area contributed by atoms with Crippen molar-refractivity contribution in [3.8, 4) is 12.3 Å². The zero-order valence-electron chi connectivity index (χ0n) is 9.49. The van der Waals surface area contributed by atoms with Crippen molar-refractivity contribution in [2.75, 3.05) is 5.32 Å². The SMILES string of the molecule is C#CC(C)(CC)OC(=O)Nc1ccccc1. The lowest BCUT2D eigenvalue weighted by Gasteiger charge is -2.22. The Labute approximate surface area is 95.8 Å². The summed E-state index contributed by atoms with van der Waals surface area (Å²) in [5.74, 6) is 2.46. The van der Waals surface area contributed by atoms with Gasteiger partial charge in [0.2, 0.25) is 0 Å². The molecule has 0 saturated heterocycles. The van der Waals surface area contributed by atoms with E-state index in [9.17, 15) is 4.79 Å². The highest BCUT2D eigenvalue weighted by molar-refractivity contribution is 5.84. The van der Waals surface area contributed by atoms with Gasteiger partial charge in [-0.25, -0.2) is 4.79 Å². The number of terminal acetylenes is 1. The topological polar surface area (TPSA) is 38.3 Å². The Bertz CT molecular complexity index is 394. The van der Waals surface area contributed by atoms with E-state index in [1.807, 2.05) is 25.1 Å². The van der Waals surface area contributed by atoms with Gasteiger partial charge >= 0.3 is 6.09 Å². The van der Waals surface area contributed by atoms with Crippen LogP contribution in [0.5, 0.6) is 0 Å². The van der Waals surface area contributed by atoms with E-state index in [2.05, 4.69) is 11.2 Å². The first-order valence-electron chi connectivity index (χ1n) is 5.12. The molecule has 0 heterocycles. The van der Waals surface area contributed by atoms with Gasteiger partial charge in [-0.15, -0.1) is 6.42 Å². The number of rotatable bonds is 3. The summed E-state index contributed by atoms with van der Waals surface area (Å²) < 4.78 is 5.15.